The second-order valence-corrected chi connectivity index (χ2v) is 18.6. The molecule has 0 saturated carbocycles. The fraction of sp³-hybridized carbons (Fsp3) is 0.0769. The number of furan rings is 2. The molecule has 69 heavy (non-hydrogen) atoms. The first-order valence-corrected chi connectivity index (χ1v) is 24.2. The van der Waals surface area contributed by atoms with E-state index in [1.54, 1.807) is 0 Å². The highest BCUT2D eigenvalue weighted by atomic mass is 16.3. The Balaban J connectivity index is 1.02. The lowest BCUT2D eigenvalue weighted by Crippen LogP contribution is -2.11. The minimum absolute atomic E-state index is 0.868. The SMILES string of the molecule is CCCCc1cc2ccccc2c2c1oc1c(N(c3ccccc3)c3ccc4ccc5c(N(c6ccccc6)c6cccc7c6oc6c(C)cc8ccccc8c67)ccc6ccc3c4c65)cccc12. The largest absolute Gasteiger partial charge is 0.454 e. The van der Waals surface area contributed by atoms with E-state index in [2.05, 4.69) is 230 Å². The van der Waals surface area contributed by atoms with E-state index >= 15 is 0 Å². The van der Waals surface area contributed by atoms with Gasteiger partial charge in [0.2, 0.25) is 0 Å². The zero-order valence-electron chi connectivity index (χ0n) is 38.5. The topological polar surface area (TPSA) is 32.8 Å². The van der Waals surface area contributed by atoms with E-state index in [4.69, 9.17) is 8.83 Å². The first-order valence-electron chi connectivity index (χ1n) is 24.2. The molecule has 0 fully saturated rings. The molecule has 328 valence electrons. The summed E-state index contributed by atoms with van der Waals surface area (Å²) in [5.74, 6) is 0. The Kier molecular flexibility index (Phi) is 8.87. The lowest BCUT2D eigenvalue weighted by Gasteiger charge is -2.29. The minimum Gasteiger partial charge on any atom is -0.454 e. The fourth-order valence-electron chi connectivity index (χ4n) is 11.5. The molecular weight excluding hydrogens is 841 g/mol. The van der Waals surface area contributed by atoms with E-state index < -0.39 is 0 Å². The molecule has 0 N–H and O–H groups in total. The number of hydrogen-bond acceptors (Lipinski definition) is 4. The highest BCUT2D eigenvalue weighted by Gasteiger charge is 2.27. The molecule has 0 aliphatic heterocycles. The van der Waals surface area contributed by atoms with Crippen molar-refractivity contribution < 1.29 is 8.83 Å². The first kappa shape index (κ1) is 39.6. The smallest absolute Gasteiger partial charge is 0.159 e. The molecule has 14 aromatic rings. The van der Waals surface area contributed by atoms with Crippen LogP contribution in [0, 0.1) is 6.92 Å². The molecule has 0 saturated heterocycles. The van der Waals surface area contributed by atoms with Crippen LogP contribution in [0.2, 0.25) is 0 Å². The summed E-state index contributed by atoms with van der Waals surface area (Å²) in [6, 6.07) is 75.1. The van der Waals surface area contributed by atoms with E-state index in [1.165, 1.54) is 64.8 Å². The Morgan fingerprint density at radius 3 is 1.36 bits per heavy atom. The summed E-state index contributed by atoms with van der Waals surface area (Å²) in [5.41, 5.74) is 12.4. The van der Waals surface area contributed by atoms with Crippen molar-refractivity contribution in [3.8, 4) is 0 Å². The van der Waals surface area contributed by atoms with Crippen LogP contribution in [-0.2, 0) is 6.42 Å². The highest BCUT2D eigenvalue weighted by molar-refractivity contribution is 6.29. The van der Waals surface area contributed by atoms with Crippen molar-refractivity contribution in [2.75, 3.05) is 9.80 Å². The summed E-state index contributed by atoms with van der Waals surface area (Å²) in [6.07, 6.45) is 3.20. The standard InChI is InChI=1S/C65H46N2O2/c1-3-4-17-45-39-44-19-12-14-25-49(44)61-53-27-16-29-57(65(53)69-63(45)61)67(47-22-9-6-10-23-47)55-37-33-42-30-34-50-54(36-32-41-31-35-51(55)59(42)58(41)50)66(46-20-7-5-8-21-46)56-28-15-26-52-60-48-24-13-11-18-43(48)38-40(2)62(60)68-64(52)56/h5-16,18-39H,3-4,17H2,1-2H3. The van der Waals surface area contributed by atoms with Crippen LogP contribution in [0.3, 0.4) is 0 Å². The van der Waals surface area contributed by atoms with Gasteiger partial charge in [-0.1, -0.05) is 159 Å². The van der Waals surface area contributed by atoms with Crippen molar-refractivity contribution >= 4 is 132 Å². The monoisotopic (exact) mass is 886 g/mol. The van der Waals surface area contributed by atoms with Gasteiger partial charge in [0.05, 0.1) is 22.7 Å². The van der Waals surface area contributed by atoms with Gasteiger partial charge in [-0.15, -0.1) is 0 Å². The van der Waals surface area contributed by atoms with Crippen LogP contribution in [0.1, 0.15) is 30.9 Å². The maximum atomic E-state index is 7.22. The van der Waals surface area contributed by atoms with Crippen LogP contribution < -0.4 is 9.80 Å². The Morgan fingerprint density at radius 1 is 0.348 bits per heavy atom. The Hall–Kier alpha value is -8.60. The maximum Gasteiger partial charge on any atom is 0.159 e. The van der Waals surface area contributed by atoms with Gasteiger partial charge < -0.3 is 18.6 Å². The van der Waals surface area contributed by atoms with Crippen LogP contribution in [0.25, 0.3) is 97.7 Å². The molecule has 4 heteroatoms. The van der Waals surface area contributed by atoms with Crippen LogP contribution in [0.5, 0.6) is 0 Å². The molecule has 2 heterocycles. The predicted octanol–water partition coefficient (Wildman–Crippen LogP) is 19.3. The van der Waals surface area contributed by atoms with Gasteiger partial charge in [0.1, 0.15) is 11.2 Å². The summed E-state index contributed by atoms with van der Waals surface area (Å²) < 4.78 is 14.3. The van der Waals surface area contributed by atoms with Crippen LogP contribution in [0.15, 0.2) is 215 Å². The Morgan fingerprint density at radius 2 is 0.812 bits per heavy atom. The summed E-state index contributed by atoms with van der Waals surface area (Å²) in [7, 11) is 0. The van der Waals surface area contributed by atoms with E-state index in [1.807, 2.05) is 0 Å². The molecule has 12 aromatic carbocycles. The van der Waals surface area contributed by atoms with Crippen molar-refractivity contribution in [3.05, 3.63) is 217 Å². The van der Waals surface area contributed by atoms with Gasteiger partial charge in [0, 0.05) is 43.7 Å². The van der Waals surface area contributed by atoms with Gasteiger partial charge >= 0.3 is 0 Å². The number of hydrogen-bond donors (Lipinski definition) is 0. The molecule has 0 atom stereocenters. The average Bonchev–Trinajstić information content (AvgIpc) is 4.01. The third-order valence-corrected chi connectivity index (χ3v) is 14.6. The molecule has 0 amide bonds. The van der Waals surface area contributed by atoms with Gasteiger partial charge in [-0.05, 0) is 135 Å². The number of benzene rings is 12. The summed E-state index contributed by atoms with van der Waals surface area (Å²) in [6.45, 7) is 4.41. The van der Waals surface area contributed by atoms with E-state index in [-0.39, 0.29) is 0 Å². The van der Waals surface area contributed by atoms with Gasteiger partial charge in [0.15, 0.2) is 11.2 Å². The number of rotatable bonds is 9. The number of fused-ring (bicyclic) bond motifs is 10. The Bertz CT molecular complexity index is 4320. The number of para-hydroxylation sites is 4. The fourth-order valence-corrected chi connectivity index (χ4v) is 11.5. The van der Waals surface area contributed by atoms with Gasteiger partial charge in [-0.2, -0.15) is 0 Å². The molecular formula is C65H46N2O2. The van der Waals surface area contributed by atoms with Crippen molar-refractivity contribution in [3.63, 3.8) is 0 Å². The Labute approximate surface area is 399 Å². The number of aryl methyl sites for hydroxylation is 2. The first-order chi connectivity index (χ1) is 34.1. The molecule has 4 nitrogen and oxygen atoms in total. The van der Waals surface area contributed by atoms with Gasteiger partial charge in [-0.25, -0.2) is 0 Å². The molecule has 0 aliphatic rings. The van der Waals surface area contributed by atoms with Gasteiger partial charge in [-0.3, -0.25) is 0 Å². The van der Waals surface area contributed by atoms with Crippen molar-refractivity contribution in [2.24, 2.45) is 0 Å². The number of unbranched alkanes of at least 4 members (excludes halogenated alkanes) is 1. The summed E-state index contributed by atoms with van der Waals surface area (Å²) in [5, 5.41) is 16.6. The molecule has 0 unspecified atom stereocenters. The lowest BCUT2D eigenvalue weighted by molar-refractivity contribution is 0.659. The highest BCUT2D eigenvalue weighted by Crippen LogP contribution is 2.51. The molecule has 0 radical (unpaired) electrons. The molecule has 0 aliphatic carbocycles. The van der Waals surface area contributed by atoms with Crippen molar-refractivity contribution in [1.29, 1.82) is 0 Å². The molecule has 0 spiro atoms. The second-order valence-electron chi connectivity index (χ2n) is 18.6. The van der Waals surface area contributed by atoms with Crippen molar-refractivity contribution in [2.45, 2.75) is 33.1 Å². The van der Waals surface area contributed by atoms with Crippen LogP contribution >= 0.6 is 0 Å². The number of anilines is 6. The minimum atomic E-state index is 0.868. The van der Waals surface area contributed by atoms with Gasteiger partial charge in [0.25, 0.3) is 0 Å². The summed E-state index contributed by atoms with van der Waals surface area (Å²) >= 11 is 0. The van der Waals surface area contributed by atoms with Crippen LogP contribution in [-0.4, -0.2) is 0 Å². The zero-order chi connectivity index (χ0) is 45.7. The molecule has 14 rings (SSSR count). The van der Waals surface area contributed by atoms with Crippen molar-refractivity contribution in [1.82, 2.24) is 0 Å². The predicted molar refractivity (Wildman–Crippen MR) is 292 cm³/mol. The lowest BCUT2D eigenvalue weighted by atomic mass is 9.91. The quantitative estimate of drug-likeness (QED) is 0.135. The maximum absolute atomic E-state index is 7.22. The third kappa shape index (κ3) is 5.95. The summed E-state index contributed by atoms with van der Waals surface area (Å²) in [4.78, 5) is 4.81. The zero-order valence-corrected chi connectivity index (χ0v) is 38.5. The molecule has 2 aromatic heterocycles. The van der Waals surface area contributed by atoms with E-state index in [9.17, 15) is 0 Å². The van der Waals surface area contributed by atoms with Crippen LogP contribution in [0.4, 0.5) is 34.1 Å². The second kappa shape index (κ2) is 15.5. The number of nitrogens with zero attached hydrogens (tertiary/aromatic N) is 2. The van der Waals surface area contributed by atoms with E-state index in [0.29, 0.717) is 0 Å². The normalized spacial score (nSPS) is 12.1. The molecule has 0 bridgehead atoms. The van der Waals surface area contributed by atoms with E-state index in [0.717, 1.165) is 97.4 Å². The third-order valence-electron chi connectivity index (χ3n) is 14.6. The average molecular weight is 887 g/mol.